The molecule has 182 valence electrons. The predicted molar refractivity (Wildman–Crippen MR) is 147 cm³/mol. The van der Waals surface area contributed by atoms with Crippen molar-refractivity contribution in [1.82, 2.24) is 9.66 Å². The summed E-state index contributed by atoms with van der Waals surface area (Å²) in [6.45, 7) is 4.15. The van der Waals surface area contributed by atoms with Crippen molar-refractivity contribution in [2.75, 3.05) is 7.11 Å². The van der Waals surface area contributed by atoms with Gasteiger partial charge in [0, 0.05) is 26.0 Å². The van der Waals surface area contributed by atoms with Gasteiger partial charge in [-0.3, -0.25) is 4.79 Å². The van der Waals surface area contributed by atoms with Gasteiger partial charge in [0.05, 0.1) is 35.9 Å². The highest BCUT2D eigenvalue weighted by Crippen LogP contribution is 2.33. The maximum atomic E-state index is 13.3. The predicted octanol–water partition coefficient (Wildman–Crippen LogP) is 6.39. The van der Waals surface area contributed by atoms with E-state index in [-0.39, 0.29) is 18.1 Å². The summed E-state index contributed by atoms with van der Waals surface area (Å²) in [5.74, 6) is 1.54. The number of nitrogens with zero attached hydrogens (tertiary/aromatic N) is 4. The average molecular weight is 610 g/mol. The number of aromatic nitrogens is 2. The normalized spacial score (nSPS) is 11.2. The molecule has 0 aliphatic heterocycles. The lowest BCUT2D eigenvalue weighted by molar-refractivity contribution is 0.284. The van der Waals surface area contributed by atoms with Gasteiger partial charge in [-0.1, -0.05) is 48.0 Å². The largest absolute Gasteiger partial charge is 0.493 e. The Labute approximate surface area is 225 Å². The summed E-state index contributed by atoms with van der Waals surface area (Å²) in [7, 11) is 1.55. The molecule has 36 heavy (non-hydrogen) atoms. The highest BCUT2D eigenvalue weighted by Gasteiger charge is 2.15. The molecule has 0 amide bonds. The molecule has 7 nitrogen and oxygen atoms in total. The zero-order valence-electron chi connectivity index (χ0n) is 19.8. The van der Waals surface area contributed by atoms with Gasteiger partial charge in [-0.25, -0.2) is 4.98 Å². The van der Waals surface area contributed by atoms with E-state index in [0.29, 0.717) is 43.8 Å². The second-order valence-corrected chi connectivity index (χ2v) is 10.00. The Balaban J connectivity index is 1.69. The number of rotatable bonds is 7. The van der Waals surface area contributed by atoms with Crippen LogP contribution in [0.3, 0.4) is 0 Å². The first-order valence-corrected chi connectivity index (χ1v) is 12.7. The number of halogens is 2. The Hall–Kier alpha value is -3.48. The van der Waals surface area contributed by atoms with Crippen molar-refractivity contribution in [2.45, 2.75) is 26.4 Å². The molecular weight excluding hydrogens is 588 g/mol. The topological polar surface area (TPSA) is 89.5 Å². The third kappa shape index (κ3) is 5.35. The molecule has 0 aliphatic carbocycles. The van der Waals surface area contributed by atoms with Gasteiger partial charge in [-0.05, 0) is 52.3 Å². The maximum absolute atomic E-state index is 13.3. The first kappa shape index (κ1) is 25.6. The molecule has 0 saturated heterocycles. The summed E-state index contributed by atoms with van der Waals surface area (Å²) >= 11 is 6.99. The monoisotopic (exact) mass is 608 g/mol. The summed E-state index contributed by atoms with van der Waals surface area (Å²) < 4.78 is 14.3. The van der Waals surface area contributed by atoms with Crippen LogP contribution >= 0.6 is 31.9 Å². The molecule has 9 heteroatoms. The summed E-state index contributed by atoms with van der Waals surface area (Å²) in [6, 6.07) is 18.4. The fourth-order valence-electron chi connectivity index (χ4n) is 3.60. The summed E-state index contributed by atoms with van der Waals surface area (Å²) in [5.41, 5.74) is 2.40. The lowest BCUT2D eigenvalue weighted by Crippen LogP contribution is -2.23. The second-order valence-electron chi connectivity index (χ2n) is 8.23. The van der Waals surface area contributed by atoms with E-state index in [2.05, 4.69) is 48.0 Å². The summed E-state index contributed by atoms with van der Waals surface area (Å²) in [5, 5.41) is 14.3. The molecule has 0 saturated carbocycles. The van der Waals surface area contributed by atoms with Crippen LogP contribution in [0.5, 0.6) is 11.5 Å². The molecule has 0 atom stereocenters. The minimum atomic E-state index is -0.250. The number of ether oxygens (including phenoxy) is 2. The number of hydrogen-bond acceptors (Lipinski definition) is 6. The molecule has 4 rings (SSSR count). The highest BCUT2D eigenvalue weighted by molar-refractivity contribution is 9.10. The van der Waals surface area contributed by atoms with Crippen LogP contribution < -0.4 is 15.0 Å². The van der Waals surface area contributed by atoms with Crippen molar-refractivity contribution < 1.29 is 9.47 Å². The second kappa shape index (κ2) is 11.1. The molecule has 0 aliphatic rings. The number of methoxy groups -OCH3 is 1. The van der Waals surface area contributed by atoms with Gasteiger partial charge in [0.25, 0.3) is 5.56 Å². The van der Waals surface area contributed by atoms with Crippen LogP contribution in [0.2, 0.25) is 0 Å². The zero-order chi connectivity index (χ0) is 25.8. The van der Waals surface area contributed by atoms with Crippen molar-refractivity contribution in [1.29, 1.82) is 5.26 Å². The van der Waals surface area contributed by atoms with Crippen molar-refractivity contribution in [2.24, 2.45) is 5.10 Å². The lowest BCUT2D eigenvalue weighted by Gasteiger charge is -2.14. The van der Waals surface area contributed by atoms with E-state index < -0.39 is 0 Å². The first-order valence-electron chi connectivity index (χ1n) is 11.1. The average Bonchev–Trinajstić information content (AvgIpc) is 2.87. The third-order valence-corrected chi connectivity index (χ3v) is 6.65. The minimum Gasteiger partial charge on any atom is -0.493 e. The number of benzene rings is 3. The third-order valence-electron chi connectivity index (χ3n) is 5.47. The van der Waals surface area contributed by atoms with E-state index in [1.54, 1.807) is 37.6 Å². The molecule has 0 N–H and O–H groups in total. The molecule has 1 heterocycles. The van der Waals surface area contributed by atoms with Crippen molar-refractivity contribution in [3.8, 4) is 17.6 Å². The van der Waals surface area contributed by atoms with Crippen LogP contribution in [0.25, 0.3) is 10.9 Å². The van der Waals surface area contributed by atoms with Gasteiger partial charge in [0.2, 0.25) is 0 Å². The van der Waals surface area contributed by atoms with Gasteiger partial charge in [-0.2, -0.15) is 15.0 Å². The van der Waals surface area contributed by atoms with E-state index in [1.807, 2.05) is 44.2 Å². The molecule has 3 aromatic carbocycles. The highest BCUT2D eigenvalue weighted by atomic mass is 79.9. The zero-order valence-corrected chi connectivity index (χ0v) is 23.0. The maximum Gasteiger partial charge on any atom is 0.282 e. The van der Waals surface area contributed by atoms with Crippen LogP contribution in [0.15, 0.2) is 73.4 Å². The molecule has 0 unspecified atom stereocenters. The molecular formula is C27H22Br2N4O3. The summed E-state index contributed by atoms with van der Waals surface area (Å²) in [6.07, 6.45) is 1.58. The molecule has 1 aromatic heterocycles. The standard InChI is InChI=1S/C27H22Br2N4O3/c1-16(2)26-32-23-9-8-20(28)11-21(23)27(34)33(26)31-14-19-10-24(35-3)25(12-22(19)29)36-15-18-7-5-4-6-17(18)13-30/h4-12,14,16H,15H2,1-3H3. The van der Waals surface area contributed by atoms with Gasteiger partial charge in [0.1, 0.15) is 12.4 Å². The van der Waals surface area contributed by atoms with E-state index in [9.17, 15) is 10.1 Å². The van der Waals surface area contributed by atoms with E-state index >= 15 is 0 Å². The van der Waals surface area contributed by atoms with Crippen LogP contribution in [0.1, 0.15) is 42.3 Å². The lowest BCUT2D eigenvalue weighted by atomic mass is 10.1. The Morgan fingerprint density at radius 2 is 1.92 bits per heavy atom. The molecule has 4 aromatic rings. The van der Waals surface area contributed by atoms with Crippen molar-refractivity contribution >= 4 is 49.0 Å². The van der Waals surface area contributed by atoms with Crippen LogP contribution in [-0.4, -0.2) is 23.0 Å². The first-order chi connectivity index (χ1) is 17.3. The van der Waals surface area contributed by atoms with Crippen molar-refractivity contribution in [3.63, 3.8) is 0 Å². The van der Waals surface area contributed by atoms with Gasteiger partial charge in [0.15, 0.2) is 11.5 Å². The van der Waals surface area contributed by atoms with E-state index in [4.69, 9.17) is 9.47 Å². The van der Waals surface area contributed by atoms with Gasteiger partial charge < -0.3 is 9.47 Å². The fourth-order valence-corrected chi connectivity index (χ4v) is 4.39. The number of nitriles is 1. The Kier molecular flexibility index (Phi) is 7.87. The number of hydrogen-bond donors (Lipinski definition) is 0. The molecule has 0 fully saturated rings. The van der Waals surface area contributed by atoms with E-state index in [0.717, 1.165) is 10.0 Å². The van der Waals surface area contributed by atoms with Gasteiger partial charge in [-0.15, -0.1) is 0 Å². The molecule has 0 spiro atoms. The smallest absolute Gasteiger partial charge is 0.282 e. The Morgan fingerprint density at radius 3 is 2.64 bits per heavy atom. The molecule has 0 bridgehead atoms. The number of fused-ring (bicyclic) bond motifs is 1. The van der Waals surface area contributed by atoms with Gasteiger partial charge >= 0.3 is 0 Å². The van der Waals surface area contributed by atoms with Crippen LogP contribution in [0, 0.1) is 11.3 Å². The SMILES string of the molecule is COc1cc(C=Nn2c(C(C)C)nc3ccc(Br)cc3c2=O)c(Br)cc1OCc1ccccc1C#N. The van der Waals surface area contributed by atoms with E-state index in [1.165, 1.54) is 4.68 Å². The van der Waals surface area contributed by atoms with Crippen LogP contribution in [-0.2, 0) is 6.61 Å². The quantitative estimate of drug-likeness (QED) is 0.227. The Morgan fingerprint density at radius 1 is 1.14 bits per heavy atom. The fraction of sp³-hybridized carbons (Fsp3) is 0.185. The molecule has 0 radical (unpaired) electrons. The summed E-state index contributed by atoms with van der Waals surface area (Å²) in [4.78, 5) is 17.9. The van der Waals surface area contributed by atoms with Crippen molar-refractivity contribution in [3.05, 3.63) is 96.4 Å². The minimum absolute atomic E-state index is 0.0204. The Bertz CT molecular complexity index is 1570. The van der Waals surface area contributed by atoms with Crippen LogP contribution in [0.4, 0.5) is 0 Å².